The smallest absolute Gasteiger partial charge is 0.248 e. The van der Waals surface area contributed by atoms with Crippen LogP contribution in [0.2, 0.25) is 4.34 Å². The summed E-state index contributed by atoms with van der Waals surface area (Å²) in [6, 6.07) is 9.19. The zero-order chi connectivity index (χ0) is 13.1. The van der Waals surface area contributed by atoms with Gasteiger partial charge in [0.1, 0.15) is 0 Å². The maximum absolute atomic E-state index is 11.1. The third-order valence-electron chi connectivity index (χ3n) is 2.62. The quantitative estimate of drug-likeness (QED) is 0.898. The highest BCUT2D eigenvalue weighted by Gasteiger charge is 2.08. The first kappa shape index (κ1) is 12.9. The number of nitrogens with one attached hydrogen (secondary N) is 1. The van der Waals surface area contributed by atoms with Gasteiger partial charge in [-0.3, -0.25) is 4.79 Å². The van der Waals surface area contributed by atoms with Crippen LogP contribution in [-0.2, 0) is 0 Å². The summed E-state index contributed by atoms with van der Waals surface area (Å²) in [6.45, 7) is 2.04. The molecule has 0 radical (unpaired) electrons. The van der Waals surface area contributed by atoms with Gasteiger partial charge >= 0.3 is 0 Å². The van der Waals surface area contributed by atoms with Crippen LogP contribution in [0.1, 0.15) is 28.9 Å². The Morgan fingerprint density at radius 3 is 2.83 bits per heavy atom. The molecule has 0 saturated carbocycles. The van der Waals surface area contributed by atoms with E-state index >= 15 is 0 Å². The van der Waals surface area contributed by atoms with Gasteiger partial charge in [-0.05, 0) is 42.1 Å². The fourth-order valence-corrected chi connectivity index (χ4v) is 2.63. The van der Waals surface area contributed by atoms with E-state index in [1.807, 2.05) is 24.4 Å². The van der Waals surface area contributed by atoms with Gasteiger partial charge in [-0.2, -0.15) is 0 Å². The van der Waals surface area contributed by atoms with Crippen LogP contribution >= 0.6 is 22.9 Å². The van der Waals surface area contributed by atoms with Gasteiger partial charge in [-0.1, -0.05) is 17.7 Å². The van der Waals surface area contributed by atoms with Crippen molar-refractivity contribution in [3.63, 3.8) is 0 Å². The molecule has 0 aliphatic carbocycles. The van der Waals surface area contributed by atoms with E-state index in [1.165, 1.54) is 11.3 Å². The third-order valence-corrected chi connectivity index (χ3v) is 3.73. The summed E-state index contributed by atoms with van der Waals surface area (Å²) in [4.78, 5) is 11.1. The molecule has 5 heteroatoms. The Hall–Kier alpha value is -1.52. The number of rotatable bonds is 4. The van der Waals surface area contributed by atoms with Gasteiger partial charge < -0.3 is 11.1 Å². The van der Waals surface area contributed by atoms with E-state index < -0.39 is 5.91 Å². The van der Waals surface area contributed by atoms with Gasteiger partial charge in [0.2, 0.25) is 5.91 Å². The van der Waals surface area contributed by atoms with Gasteiger partial charge in [0, 0.05) is 17.3 Å². The summed E-state index contributed by atoms with van der Waals surface area (Å²) in [5.41, 5.74) is 7.72. The number of benzene rings is 1. The van der Waals surface area contributed by atoms with Crippen LogP contribution < -0.4 is 11.1 Å². The minimum Gasteiger partial charge on any atom is -0.378 e. The summed E-state index contributed by atoms with van der Waals surface area (Å²) >= 11 is 7.41. The number of thiophene rings is 1. The van der Waals surface area contributed by atoms with E-state index in [1.54, 1.807) is 18.2 Å². The summed E-state index contributed by atoms with van der Waals surface area (Å²) in [5.74, 6) is -0.426. The normalized spacial score (nSPS) is 12.1. The molecule has 0 aliphatic heterocycles. The molecule has 1 amide bonds. The topological polar surface area (TPSA) is 55.1 Å². The van der Waals surface area contributed by atoms with Gasteiger partial charge in [0.25, 0.3) is 0 Å². The SMILES string of the molecule is CC(Nc1cccc(C(N)=O)c1)c1csc(Cl)c1. The molecular weight excluding hydrogens is 268 g/mol. The molecule has 0 spiro atoms. The first-order chi connectivity index (χ1) is 8.56. The van der Waals surface area contributed by atoms with Crippen LogP contribution in [0.25, 0.3) is 0 Å². The van der Waals surface area contributed by atoms with Crippen molar-refractivity contribution < 1.29 is 4.79 Å². The van der Waals surface area contributed by atoms with Crippen LogP contribution in [0.15, 0.2) is 35.7 Å². The minimum atomic E-state index is -0.426. The van der Waals surface area contributed by atoms with Crippen molar-refractivity contribution in [2.45, 2.75) is 13.0 Å². The predicted molar refractivity (Wildman–Crippen MR) is 76.3 cm³/mol. The van der Waals surface area contributed by atoms with E-state index in [9.17, 15) is 4.79 Å². The van der Waals surface area contributed by atoms with Gasteiger partial charge in [0.15, 0.2) is 0 Å². The van der Waals surface area contributed by atoms with Crippen molar-refractivity contribution in [3.05, 3.63) is 51.2 Å². The first-order valence-corrected chi connectivity index (χ1v) is 6.72. The lowest BCUT2D eigenvalue weighted by Crippen LogP contribution is -2.12. The summed E-state index contributed by atoms with van der Waals surface area (Å²) in [6.07, 6.45) is 0. The van der Waals surface area contributed by atoms with E-state index in [4.69, 9.17) is 17.3 Å². The molecule has 94 valence electrons. The highest BCUT2D eigenvalue weighted by molar-refractivity contribution is 7.14. The molecule has 1 aromatic heterocycles. The molecule has 0 aliphatic rings. The average molecular weight is 281 g/mol. The second-order valence-electron chi connectivity index (χ2n) is 4.00. The van der Waals surface area contributed by atoms with Crippen molar-refractivity contribution in [2.24, 2.45) is 5.73 Å². The molecule has 2 aromatic rings. The second-order valence-corrected chi connectivity index (χ2v) is 5.54. The highest BCUT2D eigenvalue weighted by Crippen LogP contribution is 2.27. The Morgan fingerprint density at radius 2 is 2.22 bits per heavy atom. The Bertz CT molecular complexity index is 568. The Balaban J connectivity index is 2.14. The number of halogens is 1. The Labute approximate surface area is 115 Å². The molecule has 3 N–H and O–H groups in total. The monoisotopic (exact) mass is 280 g/mol. The standard InChI is InChI=1S/C13H13ClN2OS/c1-8(10-6-12(14)18-7-10)16-11-4-2-3-9(5-11)13(15)17/h2-8,16H,1H3,(H2,15,17). The zero-order valence-electron chi connectivity index (χ0n) is 9.81. The van der Waals surface area contributed by atoms with E-state index in [0.29, 0.717) is 5.56 Å². The van der Waals surface area contributed by atoms with Crippen LogP contribution in [0.4, 0.5) is 5.69 Å². The zero-order valence-corrected chi connectivity index (χ0v) is 11.4. The number of nitrogens with two attached hydrogens (primary N) is 1. The minimum absolute atomic E-state index is 0.122. The molecule has 3 nitrogen and oxygen atoms in total. The number of carbonyl (C=O) groups excluding carboxylic acids is 1. The van der Waals surface area contributed by atoms with Crippen LogP contribution in [0.3, 0.4) is 0 Å². The highest BCUT2D eigenvalue weighted by atomic mass is 35.5. The molecule has 0 fully saturated rings. The van der Waals surface area contributed by atoms with Gasteiger partial charge in [0.05, 0.1) is 4.34 Å². The average Bonchev–Trinajstić information content (AvgIpc) is 2.76. The summed E-state index contributed by atoms with van der Waals surface area (Å²) in [7, 11) is 0. The number of anilines is 1. The van der Waals surface area contributed by atoms with Crippen LogP contribution in [-0.4, -0.2) is 5.91 Å². The van der Waals surface area contributed by atoms with E-state index in [2.05, 4.69) is 5.32 Å². The summed E-state index contributed by atoms with van der Waals surface area (Å²) in [5, 5.41) is 5.32. The van der Waals surface area contributed by atoms with Crippen molar-refractivity contribution in [3.8, 4) is 0 Å². The van der Waals surface area contributed by atoms with Crippen molar-refractivity contribution in [1.29, 1.82) is 0 Å². The fraction of sp³-hybridized carbons (Fsp3) is 0.154. The van der Waals surface area contributed by atoms with Gasteiger partial charge in [-0.25, -0.2) is 0 Å². The predicted octanol–water partition coefficient (Wildman–Crippen LogP) is 3.67. The molecule has 18 heavy (non-hydrogen) atoms. The van der Waals surface area contributed by atoms with Crippen molar-refractivity contribution in [2.75, 3.05) is 5.32 Å². The van der Waals surface area contributed by atoms with Crippen molar-refractivity contribution in [1.82, 2.24) is 0 Å². The van der Waals surface area contributed by atoms with E-state index in [0.717, 1.165) is 15.6 Å². The summed E-state index contributed by atoms with van der Waals surface area (Å²) < 4.78 is 0.768. The lowest BCUT2D eigenvalue weighted by atomic mass is 10.1. The largest absolute Gasteiger partial charge is 0.378 e. The number of hydrogen-bond acceptors (Lipinski definition) is 3. The molecule has 2 rings (SSSR count). The second kappa shape index (κ2) is 5.42. The lowest BCUT2D eigenvalue weighted by Gasteiger charge is -2.14. The number of hydrogen-bond donors (Lipinski definition) is 2. The molecule has 1 aromatic carbocycles. The molecule has 1 atom stereocenters. The number of carbonyl (C=O) groups is 1. The maximum atomic E-state index is 11.1. The first-order valence-electron chi connectivity index (χ1n) is 5.46. The third kappa shape index (κ3) is 3.03. The van der Waals surface area contributed by atoms with Crippen LogP contribution in [0, 0.1) is 0 Å². The number of primary amides is 1. The molecule has 1 unspecified atom stereocenters. The Morgan fingerprint density at radius 1 is 1.44 bits per heavy atom. The number of amides is 1. The van der Waals surface area contributed by atoms with E-state index in [-0.39, 0.29) is 6.04 Å². The van der Waals surface area contributed by atoms with Gasteiger partial charge in [-0.15, -0.1) is 11.3 Å². The molecular formula is C13H13ClN2OS. The molecule has 1 heterocycles. The van der Waals surface area contributed by atoms with Crippen molar-refractivity contribution >= 4 is 34.5 Å². The lowest BCUT2D eigenvalue weighted by molar-refractivity contribution is 0.100. The Kier molecular flexibility index (Phi) is 3.89. The fourth-order valence-electron chi connectivity index (χ4n) is 1.65. The van der Waals surface area contributed by atoms with Crippen LogP contribution in [0.5, 0.6) is 0 Å². The molecule has 0 saturated heterocycles. The maximum Gasteiger partial charge on any atom is 0.248 e. The molecule has 0 bridgehead atoms.